The van der Waals surface area contributed by atoms with Gasteiger partial charge in [0.2, 0.25) is 5.88 Å². The van der Waals surface area contributed by atoms with E-state index in [-0.39, 0.29) is 5.97 Å². The van der Waals surface area contributed by atoms with E-state index < -0.39 is 0 Å². The summed E-state index contributed by atoms with van der Waals surface area (Å²) in [5.74, 6) is 0.264. The number of nitrogens with zero attached hydrogens (tertiary/aromatic N) is 1. The highest BCUT2D eigenvalue weighted by atomic mass is 32.1. The molecule has 4 nitrogen and oxygen atoms in total. The van der Waals surface area contributed by atoms with Crippen LogP contribution in [0, 0.1) is 6.92 Å². The second kappa shape index (κ2) is 4.71. The summed E-state index contributed by atoms with van der Waals surface area (Å²) < 4.78 is 11.2. The second-order valence-electron chi connectivity index (χ2n) is 3.47. The highest BCUT2D eigenvalue weighted by Crippen LogP contribution is 2.35. The Bertz CT molecular complexity index is 562. The van der Waals surface area contributed by atoms with Crippen LogP contribution in [-0.2, 0) is 4.74 Å². The molecule has 0 amide bonds. The number of thiophene rings is 1. The molecule has 0 radical (unpaired) electrons. The Hall–Kier alpha value is -1.62. The van der Waals surface area contributed by atoms with Gasteiger partial charge in [-0.3, -0.25) is 0 Å². The molecule has 0 aliphatic rings. The summed E-state index contributed by atoms with van der Waals surface area (Å²) in [5.41, 5.74) is 0.869. The van der Waals surface area contributed by atoms with Gasteiger partial charge in [0.15, 0.2) is 0 Å². The number of hydrogen-bond acceptors (Lipinski definition) is 5. The summed E-state index contributed by atoms with van der Waals surface area (Å²) in [4.78, 5) is 16.5. The largest absolute Gasteiger partial charge is 0.481 e. The zero-order valence-corrected chi connectivity index (χ0v) is 10.8. The number of rotatable bonds is 3. The molecule has 2 rings (SSSR count). The number of methoxy groups -OCH3 is 1. The van der Waals surface area contributed by atoms with Gasteiger partial charge in [-0.1, -0.05) is 0 Å². The molecular formula is C12H13NO3S. The molecule has 2 aromatic rings. The van der Waals surface area contributed by atoms with E-state index in [1.54, 1.807) is 20.2 Å². The first kappa shape index (κ1) is 11.9. The Labute approximate surface area is 103 Å². The van der Waals surface area contributed by atoms with Crippen molar-refractivity contribution in [3.63, 3.8) is 0 Å². The van der Waals surface area contributed by atoms with E-state index in [1.807, 2.05) is 13.0 Å². The fourth-order valence-corrected chi connectivity index (χ4v) is 2.79. The van der Waals surface area contributed by atoms with Crippen molar-refractivity contribution in [1.29, 1.82) is 0 Å². The lowest BCUT2D eigenvalue weighted by molar-refractivity contribution is 0.0531. The molecule has 5 heteroatoms. The highest BCUT2D eigenvalue weighted by Gasteiger charge is 2.19. The summed E-state index contributed by atoms with van der Waals surface area (Å²) in [7, 11) is 1.57. The van der Waals surface area contributed by atoms with Crippen molar-refractivity contribution in [3.05, 3.63) is 22.7 Å². The van der Waals surface area contributed by atoms with Crippen molar-refractivity contribution in [2.75, 3.05) is 13.7 Å². The third-order valence-electron chi connectivity index (χ3n) is 2.46. The molecule has 2 aromatic heterocycles. The predicted molar refractivity (Wildman–Crippen MR) is 66.9 cm³/mol. The number of aromatic nitrogens is 1. The number of ether oxygens (including phenoxy) is 2. The Morgan fingerprint density at radius 3 is 2.94 bits per heavy atom. The van der Waals surface area contributed by atoms with Crippen LogP contribution in [0.4, 0.5) is 0 Å². The van der Waals surface area contributed by atoms with E-state index in [1.165, 1.54) is 11.3 Å². The Balaban J connectivity index is 2.61. The quantitative estimate of drug-likeness (QED) is 0.787. The van der Waals surface area contributed by atoms with Crippen LogP contribution >= 0.6 is 11.3 Å². The van der Waals surface area contributed by atoms with Crippen LogP contribution in [0.1, 0.15) is 22.2 Å². The Kier molecular flexibility index (Phi) is 3.28. The van der Waals surface area contributed by atoms with Crippen LogP contribution < -0.4 is 4.74 Å². The van der Waals surface area contributed by atoms with Gasteiger partial charge < -0.3 is 9.47 Å². The zero-order valence-electron chi connectivity index (χ0n) is 9.94. The van der Waals surface area contributed by atoms with Gasteiger partial charge in [-0.2, -0.15) is 0 Å². The highest BCUT2D eigenvalue weighted by molar-refractivity contribution is 7.21. The minimum absolute atomic E-state index is 0.284. The van der Waals surface area contributed by atoms with E-state index >= 15 is 0 Å². The first-order valence-corrected chi connectivity index (χ1v) is 6.09. The summed E-state index contributed by atoms with van der Waals surface area (Å²) >= 11 is 1.41. The number of hydrogen-bond donors (Lipinski definition) is 0. The van der Waals surface area contributed by atoms with Gasteiger partial charge in [0.1, 0.15) is 4.88 Å². The zero-order chi connectivity index (χ0) is 12.4. The van der Waals surface area contributed by atoms with E-state index in [0.717, 1.165) is 15.6 Å². The van der Waals surface area contributed by atoms with Crippen LogP contribution in [-0.4, -0.2) is 24.7 Å². The van der Waals surface area contributed by atoms with Crippen LogP contribution in [0.5, 0.6) is 5.88 Å². The van der Waals surface area contributed by atoms with Gasteiger partial charge in [-0.25, -0.2) is 9.78 Å². The van der Waals surface area contributed by atoms with E-state index in [4.69, 9.17) is 9.47 Å². The molecular weight excluding hydrogens is 238 g/mol. The Morgan fingerprint density at radius 2 is 2.29 bits per heavy atom. The summed E-state index contributed by atoms with van der Waals surface area (Å²) in [6.45, 7) is 4.06. The molecule has 0 bridgehead atoms. The van der Waals surface area contributed by atoms with Gasteiger partial charge in [0.05, 0.1) is 19.1 Å². The predicted octanol–water partition coefficient (Wildman–Crippen LogP) is 2.79. The van der Waals surface area contributed by atoms with Crippen molar-refractivity contribution in [2.24, 2.45) is 0 Å². The number of carbonyl (C=O) groups excluding carboxylic acids is 1. The standard InChI is InChI=1S/C12H13NO3S/c1-4-16-12(14)10-7(2)9-8(17-10)5-6-13-11(9)15-3/h5-6H,4H2,1-3H3. The number of pyridine rings is 1. The minimum Gasteiger partial charge on any atom is -0.481 e. The molecule has 0 unspecified atom stereocenters. The van der Waals surface area contributed by atoms with E-state index in [2.05, 4.69) is 4.98 Å². The maximum atomic E-state index is 11.8. The van der Waals surface area contributed by atoms with E-state index in [9.17, 15) is 4.79 Å². The fraction of sp³-hybridized carbons (Fsp3) is 0.333. The fourth-order valence-electron chi connectivity index (χ4n) is 1.70. The van der Waals surface area contributed by atoms with Gasteiger partial charge in [0, 0.05) is 10.9 Å². The molecule has 0 aliphatic carbocycles. The maximum Gasteiger partial charge on any atom is 0.348 e. The maximum absolute atomic E-state index is 11.8. The van der Waals surface area contributed by atoms with Gasteiger partial charge in [-0.15, -0.1) is 11.3 Å². The molecule has 0 aliphatic heterocycles. The van der Waals surface area contributed by atoms with Crippen molar-refractivity contribution in [2.45, 2.75) is 13.8 Å². The molecule has 0 saturated carbocycles. The van der Waals surface area contributed by atoms with E-state index in [0.29, 0.717) is 17.4 Å². The molecule has 0 saturated heterocycles. The lowest BCUT2D eigenvalue weighted by Crippen LogP contribution is -2.03. The number of aryl methyl sites for hydroxylation is 1. The molecule has 2 heterocycles. The third kappa shape index (κ3) is 1.98. The van der Waals surface area contributed by atoms with Crippen LogP contribution in [0.3, 0.4) is 0 Å². The smallest absolute Gasteiger partial charge is 0.348 e. The Morgan fingerprint density at radius 1 is 1.53 bits per heavy atom. The molecule has 0 aromatic carbocycles. The topological polar surface area (TPSA) is 48.4 Å². The summed E-state index contributed by atoms with van der Waals surface area (Å²) in [6, 6.07) is 1.87. The number of carbonyl (C=O) groups is 1. The lowest BCUT2D eigenvalue weighted by Gasteiger charge is -2.01. The monoisotopic (exact) mass is 251 g/mol. The molecule has 0 fully saturated rings. The van der Waals surface area contributed by atoms with Gasteiger partial charge in [0.25, 0.3) is 0 Å². The summed E-state index contributed by atoms with van der Waals surface area (Å²) in [6.07, 6.45) is 1.67. The molecule has 0 atom stereocenters. The van der Waals surface area contributed by atoms with Gasteiger partial charge >= 0.3 is 5.97 Å². The second-order valence-corrected chi connectivity index (χ2v) is 4.52. The number of esters is 1. The average molecular weight is 251 g/mol. The molecule has 17 heavy (non-hydrogen) atoms. The van der Waals surface area contributed by atoms with Crippen molar-refractivity contribution in [1.82, 2.24) is 4.98 Å². The first-order valence-electron chi connectivity index (χ1n) is 5.28. The molecule has 0 spiro atoms. The third-order valence-corrected chi connectivity index (χ3v) is 3.70. The average Bonchev–Trinajstić information content (AvgIpc) is 2.67. The van der Waals surface area contributed by atoms with Crippen molar-refractivity contribution in [3.8, 4) is 5.88 Å². The van der Waals surface area contributed by atoms with Crippen LogP contribution in [0.15, 0.2) is 12.3 Å². The van der Waals surface area contributed by atoms with Crippen molar-refractivity contribution < 1.29 is 14.3 Å². The summed E-state index contributed by atoms with van der Waals surface area (Å²) in [5, 5.41) is 0.892. The van der Waals surface area contributed by atoms with Gasteiger partial charge in [-0.05, 0) is 25.5 Å². The lowest BCUT2D eigenvalue weighted by atomic mass is 10.2. The van der Waals surface area contributed by atoms with Crippen molar-refractivity contribution >= 4 is 27.4 Å². The number of fused-ring (bicyclic) bond motifs is 1. The first-order chi connectivity index (χ1) is 8.19. The van der Waals surface area contributed by atoms with Crippen LogP contribution in [0.25, 0.3) is 10.1 Å². The molecule has 0 N–H and O–H groups in total. The normalized spacial score (nSPS) is 10.5. The molecule has 90 valence electrons. The minimum atomic E-state index is -0.284. The van der Waals surface area contributed by atoms with Crippen LogP contribution in [0.2, 0.25) is 0 Å². The SMILES string of the molecule is CCOC(=O)c1sc2ccnc(OC)c2c1C.